The highest BCUT2D eigenvalue weighted by Crippen LogP contribution is 2.19. The van der Waals surface area contributed by atoms with E-state index in [1.165, 1.54) is 5.56 Å². The molecule has 0 aliphatic carbocycles. The number of hydrogen-bond donors (Lipinski definition) is 2. The van der Waals surface area contributed by atoms with Crippen LogP contribution in [0.1, 0.15) is 30.3 Å². The van der Waals surface area contributed by atoms with Gasteiger partial charge in [-0.05, 0) is 56.6 Å². The number of H-pyrrole nitrogens is 1. The minimum absolute atomic E-state index is 0.193. The molecular formula is C23H28ClN3O3. The lowest BCUT2D eigenvalue weighted by Crippen LogP contribution is -2.36. The fourth-order valence-electron chi connectivity index (χ4n) is 3.50. The van der Waals surface area contributed by atoms with E-state index in [1.54, 1.807) is 18.2 Å². The molecule has 0 bridgehead atoms. The topological polar surface area (TPSA) is 78.5 Å². The number of aromatic nitrogens is 2. The first-order valence-corrected chi connectivity index (χ1v) is 10.5. The van der Waals surface area contributed by atoms with Crippen LogP contribution in [0, 0.1) is 13.8 Å². The monoisotopic (exact) mass is 429 g/mol. The zero-order valence-corrected chi connectivity index (χ0v) is 18.4. The molecule has 6 nitrogen and oxygen atoms in total. The average Bonchev–Trinajstić information content (AvgIpc) is 2.67. The van der Waals surface area contributed by atoms with Gasteiger partial charge in [0.2, 0.25) is 0 Å². The highest BCUT2D eigenvalue weighted by Gasteiger charge is 2.15. The first-order chi connectivity index (χ1) is 14.4. The van der Waals surface area contributed by atoms with Gasteiger partial charge in [0.05, 0.1) is 17.4 Å². The van der Waals surface area contributed by atoms with Gasteiger partial charge in [-0.3, -0.25) is 9.69 Å². The van der Waals surface area contributed by atoms with Gasteiger partial charge in [0.15, 0.2) is 0 Å². The van der Waals surface area contributed by atoms with Crippen LogP contribution in [0.2, 0.25) is 5.02 Å². The summed E-state index contributed by atoms with van der Waals surface area (Å²) in [6, 6.07) is 11.0. The van der Waals surface area contributed by atoms with E-state index in [0.717, 1.165) is 24.3 Å². The molecule has 0 saturated heterocycles. The number of nitrogens with zero attached hydrogens (tertiary/aromatic N) is 2. The number of halogens is 1. The fourth-order valence-corrected chi connectivity index (χ4v) is 3.66. The van der Waals surface area contributed by atoms with Gasteiger partial charge >= 0.3 is 0 Å². The third kappa shape index (κ3) is 5.81. The number of aliphatic hydroxyl groups is 1. The second kappa shape index (κ2) is 10.1. The normalized spacial score (nSPS) is 12.5. The van der Waals surface area contributed by atoms with Gasteiger partial charge in [-0.15, -0.1) is 0 Å². The number of nitrogens with one attached hydrogen (secondary N) is 1. The highest BCUT2D eigenvalue weighted by molar-refractivity contribution is 6.31. The molecule has 2 N–H and O–H groups in total. The lowest BCUT2D eigenvalue weighted by molar-refractivity contribution is 0.0645. The molecule has 0 saturated carbocycles. The molecular weight excluding hydrogens is 402 g/mol. The van der Waals surface area contributed by atoms with Gasteiger partial charge in [-0.2, -0.15) is 0 Å². The number of fused-ring (bicyclic) bond motifs is 1. The van der Waals surface area contributed by atoms with Gasteiger partial charge in [0, 0.05) is 11.6 Å². The minimum Gasteiger partial charge on any atom is -0.491 e. The predicted octanol–water partition coefficient (Wildman–Crippen LogP) is 3.85. The number of ether oxygens (including phenoxy) is 1. The van der Waals surface area contributed by atoms with Gasteiger partial charge in [-0.1, -0.05) is 36.2 Å². The average molecular weight is 430 g/mol. The third-order valence-corrected chi connectivity index (χ3v) is 5.10. The predicted molar refractivity (Wildman–Crippen MR) is 120 cm³/mol. The first kappa shape index (κ1) is 22.3. The van der Waals surface area contributed by atoms with Crippen LogP contribution < -0.4 is 10.3 Å². The van der Waals surface area contributed by atoms with Gasteiger partial charge in [0.25, 0.3) is 5.56 Å². The maximum absolute atomic E-state index is 12.4. The summed E-state index contributed by atoms with van der Waals surface area (Å²) >= 11 is 6.04. The summed E-state index contributed by atoms with van der Waals surface area (Å²) < 4.78 is 5.81. The molecule has 1 heterocycles. The van der Waals surface area contributed by atoms with Crippen LogP contribution in [0.25, 0.3) is 10.9 Å². The van der Waals surface area contributed by atoms with Crippen LogP contribution in [0.15, 0.2) is 41.2 Å². The van der Waals surface area contributed by atoms with Crippen molar-refractivity contribution in [1.29, 1.82) is 0 Å². The molecule has 0 radical (unpaired) electrons. The number of aryl methyl sites for hydroxylation is 2. The van der Waals surface area contributed by atoms with E-state index >= 15 is 0 Å². The number of hydrogen-bond acceptors (Lipinski definition) is 5. The Labute approximate surface area is 181 Å². The van der Waals surface area contributed by atoms with Crippen molar-refractivity contribution in [2.75, 3.05) is 19.7 Å². The molecule has 1 atom stereocenters. The largest absolute Gasteiger partial charge is 0.491 e. The third-order valence-electron chi connectivity index (χ3n) is 4.86. The molecule has 160 valence electrons. The van der Waals surface area contributed by atoms with Crippen molar-refractivity contribution in [3.63, 3.8) is 0 Å². The summed E-state index contributed by atoms with van der Waals surface area (Å²) in [6.45, 7) is 7.89. The zero-order valence-electron chi connectivity index (χ0n) is 17.6. The molecule has 30 heavy (non-hydrogen) atoms. The maximum atomic E-state index is 12.4. The minimum atomic E-state index is -0.668. The Morgan fingerprint density at radius 2 is 2.03 bits per heavy atom. The van der Waals surface area contributed by atoms with E-state index in [-0.39, 0.29) is 12.2 Å². The lowest BCUT2D eigenvalue weighted by Gasteiger charge is -2.24. The smallest absolute Gasteiger partial charge is 0.258 e. The molecule has 3 aromatic rings. The van der Waals surface area contributed by atoms with Gasteiger partial charge in [-0.25, -0.2) is 4.98 Å². The fraction of sp³-hybridized carbons (Fsp3) is 0.391. The second-order valence-electron chi connectivity index (χ2n) is 7.64. The Balaban J connectivity index is 1.66. The molecule has 0 spiro atoms. The molecule has 1 aromatic heterocycles. The van der Waals surface area contributed by atoms with Crippen LogP contribution in [0.3, 0.4) is 0 Å². The summed E-state index contributed by atoms with van der Waals surface area (Å²) in [5.41, 5.74) is 2.59. The zero-order chi connectivity index (χ0) is 21.7. The van der Waals surface area contributed by atoms with E-state index in [0.29, 0.717) is 34.8 Å². The Hall–Kier alpha value is -2.41. The SMILES string of the molecule is CCCN(Cc1nc2cc(Cl)ccc2c(=O)[nH]1)CC(O)COc1ccc(C)cc1C. The lowest BCUT2D eigenvalue weighted by atomic mass is 10.1. The van der Waals surface area contributed by atoms with Crippen molar-refractivity contribution in [3.05, 3.63) is 68.7 Å². The van der Waals surface area contributed by atoms with Crippen molar-refractivity contribution in [3.8, 4) is 5.75 Å². The summed E-state index contributed by atoms with van der Waals surface area (Å²) in [4.78, 5) is 21.8. The summed E-state index contributed by atoms with van der Waals surface area (Å²) in [7, 11) is 0. The Morgan fingerprint density at radius 1 is 1.23 bits per heavy atom. The maximum Gasteiger partial charge on any atom is 0.258 e. The molecule has 0 amide bonds. The summed E-state index contributed by atoms with van der Waals surface area (Å²) in [5, 5.41) is 11.6. The summed E-state index contributed by atoms with van der Waals surface area (Å²) in [6.07, 6.45) is 0.243. The van der Waals surface area contributed by atoms with Gasteiger partial charge in [0.1, 0.15) is 24.3 Å². The van der Waals surface area contributed by atoms with Crippen molar-refractivity contribution in [2.45, 2.75) is 39.8 Å². The summed E-state index contributed by atoms with van der Waals surface area (Å²) in [5.74, 6) is 1.32. The van der Waals surface area contributed by atoms with E-state index in [2.05, 4.69) is 27.9 Å². The van der Waals surface area contributed by atoms with E-state index in [9.17, 15) is 9.90 Å². The van der Waals surface area contributed by atoms with Crippen LogP contribution in [-0.4, -0.2) is 45.8 Å². The van der Waals surface area contributed by atoms with Crippen LogP contribution in [-0.2, 0) is 6.54 Å². The van der Waals surface area contributed by atoms with Crippen LogP contribution in [0.5, 0.6) is 5.75 Å². The Bertz CT molecular complexity index is 1070. The molecule has 0 fully saturated rings. The van der Waals surface area contributed by atoms with Crippen molar-refractivity contribution < 1.29 is 9.84 Å². The Kier molecular flexibility index (Phi) is 7.48. The number of aromatic amines is 1. The van der Waals surface area contributed by atoms with Crippen molar-refractivity contribution in [2.24, 2.45) is 0 Å². The molecule has 7 heteroatoms. The van der Waals surface area contributed by atoms with Crippen molar-refractivity contribution >= 4 is 22.5 Å². The molecule has 3 rings (SSSR count). The first-order valence-electron chi connectivity index (χ1n) is 10.1. The quantitative estimate of drug-likeness (QED) is 0.540. The molecule has 0 aliphatic rings. The van der Waals surface area contributed by atoms with Crippen LogP contribution >= 0.6 is 11.6 Å². The number of benzene rings is 2. The van der Waals surface area contributed by atoms with E-state index in [1.807, 2.05) is 26.0 Å². The molecule has 2 aromatic carbocycles. The molecule has 0 aliphatic heterocycles. The van der Waals surface area contributed by atoms with Crippen LogP contribution in [0.4, 0.5) is 0 Å². The highest BCUT2D eigenvalue weighted by atomic mass is 35.5. The Morgan fingerprint density at radius 3 is 2.77 bits per heavy atom. The number of rotatable bonds is 9. The van der Waals surface area contributed by atoms with Crippen molar-refractivity contribution in [1.82, 2.24) is 14.9 Å². The van der Waals surface area contributed by atoms with E-state index in [4.69, 9.17) is 16.3 Å². The van der Waals surface area contributed by atoms with E-state index < -0.39 is 6.10 Å². The molecule has 1 unspecified atom stereocenters. The second-order valence-corrected chi connectivity index (χ2v) is 8.08. The number of aliphatic hydroxyl groups excluding tert-OH is 1. The van der Waals surface area contributed by atoms with Gasteiger partial charge < -0.3 is 14.8 Å². The standard InChI is InChI=1S/C23H28ClN3O3/c1-4-9-27(12-18(28)14-30-21-8-5-15(2)10-16(21)3)13-22-25-20-11-17(24)6-7-19(20)23(29)26-22/h5-8,10-11,18,28H,4,9,12-14H2,1-3H3,(H,25,26,29).